The summed E-state index contributed by atoms with van der Waals surface area (Å²) >= 11 is 0. The molecule has 0 aliphatic heterocycles. The first-order valence-electron chi connectivity index (χ1n) is 3.95. The molecule has 1 aliphatic rings. The Hall–Kier alpha value is -1.26. The number of carbonyl (C=O) groups is 2. The molecule has 0 bridgehead atoms. The fourth-order valence-corrected chi connectivity index (χ4v) is 1.09. The van der Waals surface area contributed by atoms with E-state index in [9.17, 15) is 14.7 Å². The summed E-state index contributed by atoms with van der Waals surface area (Å²) in [7, 11) is 1.66. The molecule has 1 atom stereocenters. The maximum atomic E-state index is 11.2. The monoisotopic (exact) mass is 181 g/mol. The van der Waals surface area contributed by atoms with Crippen LogP contribution < -0.4 is 5.32 Å². The van der Waals surface area contributed by atoms with Gasteiger partial charge in [-0.25, -0.2) is 0 Å². The third-order valence-corrected chi connectivity index (χ3v) is 1.74. The Morgan fingerprint density at radius 2 is 2.15 bits per heavy atom. The minimum absolute atomic E-state index is 0.154. The summed E-state index contributed by atoms with van der Waals surface area (Å²) in [5.41, 5.74) is 0.154. The van der Waals surface area contributed by atoms with Crippen LogP contribution in [-0.4, -0.2) is 36.4 Å². The van der Waals surface area contributed by atoms with E-state index in [1.54, 1.807) is 7.05 Å². The predicted octanol–water partition coefficient (Wildman–Crippen LogP) is -0.799. The number of hydrogen-bond donors (Lipinski definition) is 2. The van der Waals surface area contributed by atoms with Gasteiger partial charge >= 0.3 is 0 Å². The van der Waals surface area contributed by atoms with Crippen LogP contribution in [0.25, 0.3) is 0 Å². The van der Waals surface area contributed by atoms with Gasteiger partial charge in [0.25, 0.3) is 0 Å². The molecule has 70 valence electrons. The van der Waals surface area contributed by atoms with Crippen molar-refractivity contribution in [2.24, 2.45) is 0 Å². The third-order valence-electron chi connectivity index (χ3n) is 1.74. The topological polar surface area (TPSA) is 66.4 Å². The second kappa shape index (κ2) is 4.11. The number of aliphatic hydroxyl groups is 1. The number of rotatable bonds is 3. The van der Waals surface area contributed by atoms with E-state index < -0.39 is 6.10 Å². The smallest absolute Gasteiger partial charge is 0.184 e. The van der Waals surface area contributed by atoms with Crippen LogP contribution in [0, 0.1) is 0 Å². The van der Waals surface area contributed by atoms with Crippen LogP contribution in [0.3, 0.4) is 0 Å². The fourth-order valence-electron chi connectivity index (χ4n) is 1.09. The molecule has 0 radical (unpaired) electrons. The second-order valence-electron chi connectivity index (χ2n) is 2.77. The molecule has 0 amide bonds. The molecule has 0 fully saturated rings. The van der Waals surface area contributed by atoms with E-state index in [1.807, 2.05) is 0 Å². The zero-order valence-corrected chi connectivity index (χ0v) is 7.28. The van der Waals surface area contributed by atoms with E-state index in [4.69, 9.17) is 0 Å². The van der Waals surface area contributed by atoms with E-state index in [0.29, 0.717) is 0 Å². The van der Waals surface area contributed by atoms with Crippen LogP contribution >= 0.6 is 0 Å². The van der Waals surface area contributed by atoms with Crippen molar-refractivity contribution in [3.8, 4) is 0 Å². The second-order valence-corrected chi connectivity index (χ2v) is 2.77. The minimum Gasteiger partial charge on any atom is -0.387 e. The van der Waals surface area contributed by atoms with Crippen molar-refractivity contribution in [3.05, 3.63) is 23.8 Å². The molecule has 0 saturated carbocycles. The van der Waals surface area contributed by atoms with E-state index in [1.165, 1.54) is 18.2 Å². The summed E-state index contributed by atoms with van der Waals surface area (Å²) in [6.07, 6.45) is 2.63. The van der Waals surface area contributed by atoms with Gasteiger partial charge in [0.05, 0.1) is 6.10 Å². The van der Waals surface area contributed by atoms with E-state index >= 15 is 0 Å². The zero-order chi connectivity index (χ0) is 9.84. The van der Waals surface area contributed by atoms with Crippen LogP contribution in [0.4, 0.5) is 0 Å². The van der Waals surface area contributed by atoms with Gasteiger partial charge in [-0.15, -0.1) is 0 Å². The predicted molar refractivity (Wildman–Crippen MR) is 47.2 cm³/mol. The van der Waals surface area contributed by atoms with Gasteiger partial charge in [-0.05, 0) is 25.3 Å². The molecule has 2 N–H and O–H groups in total. The average Bonchev–Trinajstić information content (AvgIpc) is 2.09. The number of hydrogen-bond acceptors (Lipinski definition) is 4. The highest BCUT2D eigenvalue weighted by molar-refractivity contribution is 6.17. The molecule has 1 rings (SSSR count). The molecule has 0 aromatic heterocycles. The van der Waals surface area contributed by atoms with Crippen molar-refractivity contribution in [2.45, 2.75) is 6.10 Å². The van der Waals surface area contributed by atoms with Gasteiger partial charge in [0, 0.05) is 12.1 Å². The van der Waals surface area contributed by atoms with Crippen molar-refractivity contribution < 1.29 is 14.7 Å². The highest BCUT2D eigenvalue weighted by Gasteiger charge is 2.19. The highest BCUT2D eigenvalue weighted by Crippen LogP contribution is 2.09. The molecular weight excluding hydrogens is 170 g/mol. The number of carbonyl (C=O) groups excluding carboxylic acids is 2. The third kappa shape index (κ3) is 2.34. The summed E-state index contributed by atoms with van der Waals surface area (Å²) in [4.78, 5) is 22.0. The van der Waals surface area contributed by atoms with Crippen LogP contribution in [0.15, 0.2) is 23.8 Å². The first-order valence-corrected chi connectivity index (χ1v) is 3.95. The Morgan fingerprint density at radius 3 is 2.77 bits per heavy atom. The Morgan fingerprint density at radius 1 is 1.46 bits per heavy atom. The van der Waals surface area contributed by atoms with Gasteiger partial charge in [0.1, 0.15) is 0 Å². The van der Waals surface area contributed by atoms with Crippen molar-refractivity contribution in [2.75, 3.05) is 13.6 Å². The van der Waals surface area contributed by atoms with Crippen molar-refractivity contribution in [1.29, 1.82) is 0 Å². The number of allylic oxidation sites excluding steroid dienone is 3. The minimum atomic E-state index is -0.911. The van der Waals surface area contributed by atoms with E-state index in [-0.39, 0.29) is 23.7 Å². The summed E-state index contributed by atoms with van der Waals surface area (Å²) < 4.78 is 0. The SMILES string of the molecule is CNCC(O)C1=CC(=O)C=CC1=O. The lowest BCUT2D eigenvalue weighted by molar-refractivity contribution is -0.115. The van der Waals surface area contributed by atoms with Crippen molar-refractivity contribution in [1.82, 2.24) is 5.32 Å². The molecule has 0 spiro atoms. The lowest BCUT2D eigenvalue weighted by Crippen LogP contribution is -2.29. The number of likely N-dealkylation sites (N-methyl/N-ethyl adjacent to an activating group) is 1. The molecule has 1 aliphatic carbocycles. The summed E-state index contributed by atoms with van der Waals surface area (Å²) in [5, 5.41) is 12.1. The lowest BCUT2D eigenvalue weighted by atomic mass is 9.99. The van der Waals surface area contributed by atoms with Crippen LogP contribution in [0.5, 0.6) is 0 Å². The van der Waals surface area contributed by atoms with Crippen molar-refractivity contribution >= 4 is 11.6 Å². The molecular formula is C9H11NO3. The Kier molecular flexibility index (Phi) is 3.11. The number of ketones is 2. The van der Waals surface area contributed by atoms with Crippen LogP contribution in [0.1, 0.15) is 0 Å². The first-order chi connectivity index (χ1) is 6.15. The molecule has 0 aromatic rings. The average molecular weight is 181 g/mol. The highest BCUT2D eigenvalue weighted by atomic mass is 16.3. The normalized spacial score (nSPS) is 18.8. The molecule has 0 heterocycles. The Bertz CT molecular complexity index is 291. The Labute approximate surface area is 75.9 Å². The largest absolute Gasteiger partial charge is 0.387 e. The maximum absolute atomic E-state index is 11.2. The van der Waals surface area contributed by atoms with Crippen LogP contribution in [0.2, 0.25) is 0 Å². The molecule has 13 heavy (non-hydrogen) atoms. The summed E-state index contributed by atoms with van der Waals surface area (Å²) in [6, 6.07) is 0. The molecule has 4 heteroatoms. The van der Waals surface area contributed by atoms with Gasteiger partial charge in [-0.1, -0.05) is 0 Å². The van der Waals surface area contributed by atoms with Crippen LogP contribution in [-0.2, 0) is 9.59 Å². The standard InChI is InChI=1S/C9H11NO3/c1-10-5-9(13)7-4-6(11)2-3-8(7)12/h2-4,9-10,13H,5H2,1H3. The van der Waals surface area contributed by atoms with Gasteiger partial charge in [-0.3, -0.25) is 9.59 Å². The first kappa shape index (κ1) is 9.83. The number of nitrogens with one attached hydrogen (secondary N) is 1. The van der Waals surface area contributed by atoms with E-state index in [2.05, 4.69) is 5.32 Å². The number of aliphatic hydroxyl groups excluding tert-OH is 1. The van der Waals surface area contributed by atoms with Gasteiger partial charge < -0.3 is 10.4 Å². The van der Waals surface area contributed by atoms with E-state index in [0.717, 1.165) is 0 Å². The summed E-state index contributed by atoms with van der Waals surface area (Å²) in [6.45, 7) is 0.263. The van der Waals surface area contributed by atoms with Gasteiger partial charge in [0.15, 0.2) is 11.6 Å². The Balaban J connectivity index is 2.78. The fraction of sp³-hybridized carbons (Fsp3) is 0.333. The molecule has 4 nitrogen and oxygen atoms in total. The van der Waals surface area contributed by atoms with Crippen molar-refractivity contribution in [3.63, 3.8) is 0 Å². The quantitative estimate of drug-likeness (QED) is 0.559. The van der Waals surface area contributed by atoms with Gasteiger partial charge in [0.2, 0.25) is 0 Å². The molecule has 0 saturated heterocycles. The maximum Gasteiger partial charge on any atom is 0.184 e. The summed E-state index contributed by atoms with van der Waals surface area (Å²) in [5.74, 6) is -0.563. The molecule has 0 aromatic carbocycles. The zero-order valence-electron chi connectivity index (χ0n) is 7.28. The lowest BCUT2D eigenvalue weighted by Gasteiger charge is -2.13. The van der Waals surface area contributed by atoms with Gasteiger partial charge in [-0.2, -0.15) is 0 Å². The molecule has 1 unspecified atom stereocenters.